The molecular weight excluding hydrogens is 392 g/mol. The summed E-state index contributed by atoms with van der Waals surface area (Å²) in [6.07, 6.45) is 0.808. The molecule has 1 aromatic carbocycles. The van der Waals surface area contributed by atoms with E-state index in [4.69, 9.17) is 19.6 Å². The quantitative estimate of drug-likeness (QED) is 0.755. The number of nitrogens with one attached hydrogen (secondary N) is 1. The first-order valence-corrected chi connectivity index (χ1v) is 10.5. The highest BCUT2D eigenvalue weighted by Gasteiger charge is 2.81. The van der Waals surface area contributed by atoms with Crippen molar-refractivity contribution in [2.45, 2.75) is 51.9 Å². The number of methoxy groups -OCH3 is 1. The largest absolute Gasteiger partial charge is 0.497 e. The highest BCUT2D eigenvalue weighted by atomic mass is 16.7. The van der Waals surface area contributed by atoms with Crippen LogP contribution in [0.1, 0.15) is 51.7 Å². The number of nitriles is 3. The van der Waals surface area contributed by atoms with Crippen LogP contribution in [-0.2, 0) is 9.47 Å². The van der Waals surface area contributed by atoms with Crippen LogP contribution in [0.3, 0.4) is 0 Å². The topological polar surface area (TPSA) is 123 Å². The molecule has 0 aromatic heterocycles. The van der Waals surface area contributed by atoms with Crippen molar-refractivity contribution in [2.24, 2.45) is 28.1 Å². The molecule has 2 aliphatic heterocycles. The Kier molecular flexibility index (Phi) is 4.58. The predicted octanol–water partition coefficient (Wildman–Crippen LogP) is 4.48. The summed E-state index contributed by atoms with van der Waals surface area (Å²) in [5, 5.41) is 39.9. The summed E-state index contributed by atoms with van der Waals surface area (Å²) < 4.78 is 17.8. The molecule has 7 heteroatoms. The smallest absolute Gasteiger partial charge is 0.217 e. The monoisotopic (exact) mass is 418 g/mol. The molecule has 1 aliphatic carbocycles. The maximum atomic E-state index is 10.5. The summed E-state index contributed by atoms with van der Waals surface area (Å²) in [4.78, 5) is 0. The Bertz CT molecular complexity index is 1040. The zero-order valence-electron chi connectivity index (χ0n) is 18.2. The normalized spacial score (nSPS) is 35.6. The minimum atomic E-state index is -1.93. The van der Waals surface area contributed by atoms with Crippen LogP contribution in [0.4, 0.5) is 0 Å². The highest BCUT2D eigenvalue weighted by Crippen LogP contribution is 2.70. The van der Waals surface area contributed by atoms with Crippen LogP contribution in [0.2, 0.25) is 0 Å². The zero-order valence-corrected chi connectivity index (χ0v) is 18.2. The number of hydrogen-bond acceptors (Lipinski definition) is 7. The van der Waals surface area contributed by atoms with E-state index < -0.39 is 28.6 Å². The number of benzene rings is 1. The first-order valence-electron chi connectivity index (χ1n) is 10.5. The van der Waals surface area contributed by atoms with Gasteiger partial charge >= 0.3 is 0 Å². The minimum Gasteiger partial charge on any atom is -0.497 e. The number of ether oxygens (including phenoxy) is 3. The average molecular weight is 418 g/mol. The van der Waals surface area contributed by atoms with Crippen molar-refractivity contribution in [1.29, 1.82) is 21.2 Å². The third kappa shape index (κ3) is 2.55. The number of hydrogen-bond donors (Lipinski definition) is 1. The number of rotatable bonds is 2. The van der Waals surface area contributed by atoms with Crippen molar-refractivity contribution in [2.75, 3.05) is 7.11 Å². The Morgan fingerprint density at radius 2 is 1.87 bits per heavy atom. The summed E-state index contributed by atoms with van der Waals surface area (Å²) in [6, 6.07) is 13.4. The molecule has 1 saturated carbocycles. The van der Waals surface area contributed by atoms with Gasteiger partial charge < -0.3 is 14.2 Å². The van der Waals surface area contributed by atoms with Crippen LogP contribution in [-0.4, -0.2) is 18.8 Å². The Labute approximate surface area is 182 Å². The molecule has 7 nitrogen and oxygen atoms in total. The summed E-state index contributed by atoms with van der Waals surface area (Å²) in [5.74, 6) is -1.30. The van der Waals surface area contributed by atoms with Crippen LogP contribution in [0, 0.1) is 67.5 Å². The van der Waals surface area contributed by atoms with E-state index in [-0.39, 0.29) is 17.2 Å². The Hall–Kier alpha value is -3.08. The molecule has 5 unspecified atom stereocenters. The van der Waals surface area contributed by atoms with Gasteiger partial charge in [-0.25, -0.2) is 0 Å². The number of nitrogens with zero attached hydrogens (tertiary/aromatic N) is 3. The molecule has 2 heterocycles. The van der Waals surface area contributed by atoms with Gasteiger partial charge in [0.05, 0.1) is 31.2 Å². The Balaban J connectivity index is 1.94. The molecule has 5 atom stereocenters. The maximum absolute atomic E-state index is 10.5. The average Bonchev–Trinajstić information content (AvgIpc) is 2.96. The molecule has 0 radical (unpaired) electrons. The van der Waals surface area contributed by atoms with Crippen LogP contribution < -0.4 is 4.74 Å². The van der Waals surface area contributed by atoms with Crippen molar-refractivity contribution in [3.8, 4) is 24.0 Å². The molecule has 160 valence electrons. The lowest BCUT2D eigenvalue weighted by molar-refractivity contribution is -0.301. The summed E-state index contributed by atoms with van der Waals surface area (Å²) in [7, 11) is 1.53. The molecule has 0 spiro atoms. The van der Waals surface area contributed by atoms with E-state index in [0.717, 1.165) is 6.42 Å². The van der Waals surface area contributed by atoms with Gasteiger partial charge in [0.1, 0.15) is 11.9 Å². The van der Waals surface area contributed by atoms with Crippen molar-refractivity contribution in [1.82, 2.24) is 0 Å². The van der Waals surface area contributed by atoms with E-state index in [0.29, 0.717) is 24.2 Å². The lowest BCUT2D eigenvalue weighted by Gasteiger charge is -2.54. The van der Waals surface area contributed by atoms with E-state index >= 15 is 0 Å². The molecule has 1 aromatic rings. The molecular formula is C24H26N4O3. The molecule has 2 bridgehead atoms. The van der Waals surface area contributed by atoms with Gasteiger partial charge in [-0.3, -0.25) is 5.41 Å². The molecule has 31 heavy (non-hydrogen) atoms. The SMILES string of the molecule is COc1cccc(C2OC34CCC(C(C)(C)C)CC3C(C#N)(C(=N)O4)C2(C#N)C#N)c1. The van der Waals surface area contributed by atoms with Gasteiger partial charge in [0, 0.05) is 6.42 Å². The van der Waals surface area contributed by atoms with Crippen LogP contribution >= 0.6 is 0 Å². The second kappa shape index (κ2) is 6.71. The molecule has 4 rings (SSSR count). The molecule has 3 aliphatic rings. The van der Waals surface area contributed by atoms with E-state index in [9.17, 15) is 15.8 Å². The van der Waals surface area contributed by atoms with Gasteiger partial charge in [-0.15, -0.1) is 0 Å². The van der Waals surface area contributed by atoms with Gasteiger partial charge in [-0.05, 0) is 41.9 Å². The van der Waals surface area contributed by atoms with Gasteiger partial charge in [-0.1, -0.05) is 32.9 Å². The van der Waals surface area contributed by atoms with Crippen LogP contribution in [0.25, 0.3) is 0 Å². The van der Waals surface area contributed by atoms with E-state index in [1.54, 1.807) is 24.3 Å². The maximum Gasteiger partial charge on any atom is 0.217 e. The fourth-order valence-electron chi connectivity index (χ4n) is 5.73. The molecule has 2 saturated heterocycles. The highest BCUT2D eigenvalue weighted by molar-refractivity contribution is 5.89. The van der Waals surface area contributed by atoms with Crippen molar-refractivity contribution >= 4 is 5.90 Å². The van der Waals surface area contributed by atoms with Gasteiger partial charge in [-0.2, -0.15) is 15.8 Å². The van der Waals surface area contributed by atoms with E-state index in [1.165, 1.54) is 7.11 Å². The van der Waals surface area contributed by atoms with E-state index in [1.807, 2.05) is 0 Å². The fourth-order valence-corrected chi connectivity index (χ4v) is 5.73. The van der Waals surface area contributed by atoms with Crippen molar-refractivity contribution in [3.63, 3.8) is 0 Å². The van der Waals surface area contributed by atoms with Crippen molar-refractivity contribution in [3.05, 3.63) is 29.8 Å². The molecule has 3 fully saturated rings. The summed E-state index contributed by atoms with van der Waals surface area (Å²) in [5.41, 5.74) is -3.12. The zero-order chi connectivity index (χ0) is 22.7. The Morgan fingerprint density at radius 3 is 2.45 bits per heavy atom. The second-order valence-corrected chi connectivity index (χ2v) is 9.86. The fraction of sp³-hybridized carbons (Fsp3) is 0.583. The Morgan fingerprint density at radius 1 is 1.16 bits per heavy atom. The van der Waals surface area contributed by atoms with Crippen LogP contribution in [0.15, 0.2) is 24.3 Å². The lowest BCUT2D eigenvalue weighted by atomic mass is 9.49. The van der Waals surface area contributed by atoms with Crippen LogP contribution in [0.5, 0.6) is 5.75 Å². The first kappa shape index (κ1) is 21.2. The predicted molar refractivity (Wildman–Crippen MR) is 110 cm³/mol. The first-order chi connectivity index (χ1) is 14.6. The van der Waals surface area contributed by atoms with E-state index in [2.05, 4.69) is 39.0 Å². The lowest BCUT2D eigenvalue weighted by Crippen LogP contribution is -2.61. The summed E-state index contributed by atoms with van der Waals surface area (Å²) in [6.45, 7) is 6.44. The van der Waals surface area contributed by atoms with Crippen molar-refractivity contribution < 1.29 is 14.2 Å². The second-order valence-electron chi connectivity index (χ2n) is 9.86. The third-order valence-corrected chi connectivity index (χ3v) is 7.53. The molecule has 1 N–H and O–H groups in total. The standard InChI is InChI=1S/C24H26N4O3/c1-21(2,3)16-8-9-24-18(11-16)23(14-27,20(28)31-24)22(12-25,13-26)19(30-24)15-6-5-7-17(10-15)29-4/h5-7,10,16,18-19,28H,8-9,11H2,1-4H3. The van der Waals surface area contributed by atoms with Gasteiger partial charge in [0.2, 0.25) is 17.1 Å². The third-order valence-electron chi connectivity index (χ3n) is 7.53. The van der Waals surface area contributed by atoms with Gasteiger partial charge in [0.15, 0.2) is 5.41 Å². The van der Waals surface area contributed by atoms with Gasteiger partial charge in [0.25, 0.3) is 0 Å². The molecule has 0 amide bonds. The minimum absolute atomic E-state index is 0.0223. The summed E-state index contributed by atoms with van der Waals surface area (Å²) >= 11 is 0.